The zero-order chi connectivity index (χ0) is 18.4. The van der Waals surface area contributed by atoms with E-state index in [0.29, 0.717) is 23.7 Å². The number of hydrogen-bond donors (Lipinski definition) is 2. The van der Waals surface area contributed by atoms with Gasteiger partial charge in [0, 0.05) is 38.9 Å². The number of likely N-dealkylation sites (tertiary alicyclic amines) is 1. The van der Waals surface area contributed by atoms with Crippen LogP contribution in [0.2, 0.25) is 0 Å². The number of carbonyl (C=O) groups excluding carboxylic acids is 1. The highest BCUT2D eigenvalue weighted by atomic mass is 32.2. The first-order chi connectivity index (χ1) is 11.8. The minimum absolute atomic E-state index is 0.177. The number of nitrogens with one attached hydrogen (secondary N) is 1. The van der Waals surface area contributed by atoms with Gasteiger partial charge < -0.3 is 15.3 Å². The van der Waals surface area contributed by atoms with E-state index in [4.69, 9.17) is 0 Å². The van der Waals surface area contributed by atoms with Crippen molar-refractivity contribution in [2.24, 2.45) is 5.92 Å². The van der Waals surface area contributed by atoms with Gasteiger partial charge in [0.25, 0.3) is 5.91 Å². The molecule has 1 aromatic carbocycles. The summed E-state index contributed by atoms with van der Waals surface area (Å²) >= 11 is 0. The van der Waals surface area contributed by atoms with Gasteiger partial charge in [0.1, 0.15) is 0 Å². The summed E-state index contributed by atoms with van der Waals surface area (Å²) in [7, 11) is -1.84. The quantitative estimate of drug-likeness (QED) is 0.731. The molecule has 8 heteroatoms. The van der Waals surface area contributed by atoms with E-state index in [0.717, 1.165) is 38.7 Å². The molecule has 7 nitrogen and oxygen atoms in total. The number of rotatable bonds is 7. The lowest BCUT2D eigenvalue weighted by atomic mass is 9.99. The number of anilines is 1. The lowest BCUT2D eigenvalue weighted by molar-refractivity contribution is 0.0930. The Morgan fingerprint density at radius 3 is 2.64 bits per heavy atom. The maximum Gasteiger partial charge on any atom is 0.251 e. The average molecular weight is 369 g/mol. The Labute approximate surface area is 149 Å². The number of hydrogen-bond acceptors (Lipinski definition) is 5. The Morgan fingerprint density at radius 2 is 2.04 bits per heavy atom. The number of aliphatic hydroxyl groups is 1. The second kappa shape index (κ2) is 8.64. The molecule has 1 unspecified atom stereocenters. The molecule has 2 rings (SSSR count). The van der Waals surface area contributed by atoms with Crippen molar-refractivity contribution in [2.45, 2.75) is 12.8 Å². The third-order valence-corrected chi connectivity index (χ3v) is 5.77. The molecular formula is C17H27N3O4S. The lowest BCUT2D eigenvalue weighted by Crippen LogP contribution is -2.41. The fourth-order valence-electron chi connectivity index (χ4n) is 2.95. The van der Waals surface area contributed by atoms with Crippen LogP contribution in [0.15, 0.2) is 24.3 Å². The number of carbonyl (C=O) groups is 1. The summed E-state index contributed by atoms with van der Waals surface area (Å²) in [6, 6.07) is 6.48. The molecule has 1 aliphatic heterocycles. The molecule has 0 aliphatic carbocycles. The molecule has 140 valence electrons. The molecule has 1 saturated heterocycles. The van der Waals surface area contributed by atoms with E-state index in [1.165, 1.54) is 11.4 Å². The van der Waals surface area contributed by atoms with Crippen LogP contribution in [0.5, 0.6) is 0 Å². The Hall–Kier alpha value is -1.64. The number of nitrogens with zero attached hydrogens (tertiary/aromatic N) is 2. The molecule has 1 aromatic rings. The van der Waals surface area contributed by atoms with Crippen LogP contribution in [0, 0.1) is 5.92 Å². The number of benzene rings is 1. The predicted molar refractivity (Wildman–Crippen MR) is 98.3 cm³/mol. The van der Waals surface area contributed by atoms with Gasteiger partial charge in [-0.1, -0.05) is 0 Å². The van der Waals surface area contributed by atoms with Crippen molar-refractivity contribution < 1.29 is 18.3 Å². The van der Waals surface area contributed by atoms with Crippen molar-refractivity contribution in [1.29, 1.82) is 0 Å². The van der Waals surface area contributed by atoms with Crippen molar-refractivity contribution in [3.63, 3.8) is 0 Å². The highest BCUT2D eigenvalue weighted by Crippen LogP contribution is 2.17. The topological polar surface area (TPSA) is 89.9 Å². The number of aliphatic hydroxyl groups excluding tert-OH is 1. The predicted octanol–water partition coefficient (Wildman–Crippen LogP) is 0.516. The summed E-state index contributed by atoms with van der Waals surface area (Å²) in [5, 5.41) is 12.1. The van der Waals surface area contributed by atoms with Gasteiger partial charge >= 0.3 is 0 Å². The molecule has 1 fully saturated rings. The second-order valence-corrected chi connectivity index (χ2v) is 8.54. The van der Waals surface area contributed by atoms with Crippen LogP contribution in [-0.2, 0) is 10.0 Å². The van der Waals surface area contributed by atoms with E-state index in [2.05, 4.69) is 10.2 Å². The maximum absolute atomic E-state index is 12.2. The van der Waals surface area contributed by atoms with E-state index in [9.17, 15) is 18.3 Å². The van der Waals surface area contributed by atoms with Gasteiger partial charge in [0.15, 0.2) is 0 Å². The average Bonchev–Trinajstić information content (AvgIpc) is 2.60. The van der Waals surface area contributed by atoms with E-state index >= 15 is 0 Å². The van der Waals surface area contributed by atoms with Gasteiger partial charge in [-0.25, -0.2) is 8.42 Å². The smallest absolute Gasteiger partial charge is 0.251 e. The molecule has 0 saturated carbocycles. The molecule has 1 aliphatic rings. The summed E-state index contributed by atoms with van der Waals surface area (Å²) in [4.78, 5) is 14.4. The van der Waals surface area contributed by atoms with E-state index < -0.39 is 10.0 Å². The highest BCUT2D eigenvalue weighted by molar-refractivity contribution is 7.92. The monoisotopic (exact) mass is 369 g/mol. The van der Waals surface area contributed by atoms with Crippen molar-refractivity contribution in [3.8, 4) is 0 Å². The van der Waals surface area contributed by atoms with Crippen LogP contribution >= 0.6 is 0 Å². The van der Waals surface area contributed by atoms with Crippen LogP contribution in [0.3, 0.4) is 0 Å². The van der Waals surface area contributed by atoms with Gasteiger partial charge in [0.2, 0.25) is 10.0 Å². The van der Waals surface area contributed by atoms with Crippen molar-refractivity contribution >= 4 is 21.6 Å². The zero-order valence-electron chi connectivity index (χ0n) is 14.8. The van der Waals surface area contributed by atoms with Crippen molar-refractivity contribution in [3.05, 3.63) is 29.8 Å². The first kappa shape index (κ1) is 19.7. The normalized spacial score (nSPS) is 18.8. The Morgan fingerprint density at radius 1 is 1.36 bits per heavy atom. The maximum atomic E-state index is 12.2. The van der Waals surface area contributed by atoms with Crippen LogP contribution in [0.25, 0.3) is 0 Å². The molecule has 0 bridgehead atoms. The molecule has 1 amide bonds. The molecule has 0 aromatic heterocycles. The van der Waals surface area contributed by atoms with Gasteiger partial charge in [-0.2, -0.15) is 0 Å². The minimum atomic E-state index is -3.31. The van der Waals surface area contributed by atoms with Crippen LogP contribution in [0.1, 0.15) is 23.2 Å². The third-order valence-electron chi connectivity index (χ3n) is 4.57. The lowest BCUT2D eigenvalue weighted by Gasteiger charge is -2.31. The molecule has 25 heavy (non-hydrogen) atoms. The van der Waals surface area contributed by atoms with Crippen molar-refractivity contribution in [1.82, 2.24) is 10.2 Å². The zero-order valence-corrected chi connectivity index (χ0v) is 15.6. The molecule has 0 radical (unpaired) electrons. The molecular weight excluding hydrogens is 342 g/mol. The van der Waals surface area contributed by atoms with Gasteiger partial charge in [-0.3, -0.25) is 9.10 Å². The SMILES string of the molecule is CN(c1ccc(C(=O)NCCN2CCCC(CO)C2)cc1)S(C)(=O)=O. The largest absolute Gasteiger partial charge is 0.396 e. The standard InChI is InChI=1S/C17H27N3O4S/c1-19(25(2,23)24)16-7-5-15(6-8-16)17(22)18-9-11-20-10-3-4-14(12-20)13-21/h5-8,14,21H,3-4,9-13H2,1-2H3,(H,18,22). The molecule has 0 spiro atoms. The number of piperidine rings is 1. The third kappa shape index (κ3) is 5.69. The molecule has 2 N–H and O–H groups in total. The van der Waals surface area contributed by atoms with E-state index in [1.807, 2.05) is 0 Å². The van der Waals surface area contributed by atoms with Crippen LogP contribution in [0.4, 0.5) is 5.69 Å². The fraction of sp³-hybridized carbons (Fsp3) is 0.588. The molecule has 1 atom stereocenters. The molecule has 1 heterocycles. The summed E-state index contributed by atoms with van der Waals surface area (Å²) in [5.74, 6) is 0.160. The summed E-state index contributed by atoms with van der Waals surface area (Å²) in [6.45, 7) is 3.40. The Balaban J connectivity index is 1.83. The number of amides is 1. The van der Waals surface area contributed by atoms with E-state index in [1.54, 1.807) is 24.3 Å². The summed E-state index contributed by atoms with van der Waals surface area (Å²) in [5.41, 5.74) is 1.01. The second-order valence-electron chi connectivity index (χ2n) is 6.52. The first-order valence-corrected chi connectivity index (χ1v) is 10.3. The Kier molecular flexibility index (Phi) is 6.80. The Bertz CT molecular complexity index is 676. The summed E-state index contributed by atoms with van der Waals surface area (Å²) in [6.07, 6.45) is 3.28. The van der Waals surface area contributed by atoms with E-state index in [-0.39, 0.29) is 12.5 Å². The number of sulfonamides is 1. The fourth-order valence-corrected chi connectivity index (χ4v) is 3.45. The highest BCUT2D eigenvalue weighted by Gasteiger charge is 2.19. The van der Waals surface area contributed by atoms with Crippen LogP contribution < -0.4 is 9.62 Å². The summed E-state index contributed by atoms with van der Waals surface area (Å²) < 4.78 is 24.2. The first-order valence-electron chi connectivity index (χ1n) is 8.46. The minimum Gasteiger partial charge on any atom is -0.396 e. The van der Waals surface area contributed by atoms with Crippen molar-refractivity contribution in [2.75, 3.05) is 50.4 Å². The van der Waals surface area contributed by atoms with Crippen LogP contribution in [-0.4, -0.2) is 70.4 Å². The van der Waals surface area contributed by atoms with Gasteiger partial charge in [0.05, 0.1) is 11.9 Å². The van der Waals surface area contributed by atoms with Gasteiger partial charge in [-0.05, 0) is 49.6 Å². The van der Waals surface area contributed by atoms with Gasteiger partial charge in [-0.15, -0.1) is 0 Å².